The molecule has 2 aliphatic heterocycles. The normalized spacial score (nSPS) is 22.4. The van der Waals surface area contributed by atoms with Crippen LogP contribution < -0.4 is 4.90 Å². The van der Waals surface area contributed by atoms with Crippen molar-refractivity contribution in [2.75, 3.05) is 37.6 Å². The first kappa shape index (κ1) is 19.9. The highest BCUT2D eigenvalue weighted by Gasteiger charge is 2.36. The molecule has 2 saturated heterocycles. The van der Waals surface area contributed by atoms with Crippen LogP contribution >= 0.6 is 11.6 Å². The van der Waals surface area contributed by atoms with Crippen LogP contribution in [0.1, 0.15) is 25.1 Å². The Labute approximate surface area is 195 Å². The van der Waals surface area contributed by atoms with Crippen LogP contribution in [0.2, 0.25) is 5.15 Å². The average molecular weight is 448 g/mol. The topological polar surface area (TPSA) is 59.3 Å². The third-order valence-electron chi connectivity index (χ3n) is 6.81. The van der Waals surface area contributed by atoms with Gasteiger partial charge in [-0.3, -0.25) is 14.8 Å². The molecular weight excluding hydrogens is 420 g/mol. The summed E-state index contributed by atoms with van der Waals surface area (Å²) in [6.07, 6.45) is 0.184. The number of fused-ring (bicyclic) bond motifs is 2. The molecule has 5 rings (SSSR count). The number of pyridine rings is 2. The Morgan fingerprint density at radius 1 is 1.19 bits per heavy atom. The van der Waals surface area contributed by atoms with Gasteiger partial charge in [0, 0.05) is 74.3 Å². The first-order valence-corrected chi connectivity index (χ1v) is 11.5. The number of rotatable bonds is 3. The summed E-state index contributed by atoms with van der Waals surface area (Å²) in [6.45, 7) is 10.1. The van der Waals surface area contributed by atoms with Gasteiger partial charge in [-0.25, -0.2) is 4.98 Å². The van der Waals surface area contributed by atoms with Crippen LogP contribution in [0, 0.1) is 18.3 Å². The van der Waals surface area contributed by atoms with Gasteiger partial charge in [0.05, 0.1) is 12.5 Å². The lowest BCUT2D eigenvalue weighted by Gasteiger charge is -2.51. The van der Waals surface area contributed by atoms with Gasteiger partial charge in [-0.1, -0.05) is 17.7 Å². The molecule has 3 aromatic rings. The van der Waals surface area contributed by atoms with Crippen molar-refractivity contribution in [2.45, 2.75) is 32.5 Å². The Kier molecular flexibility index (Phi) is 5.40. The lowest BCUT2D eigenvalue weighted by atomic mass is 10.0. The molecule has 6 nitrogen and oxygen atoms in total. The summed E-state index contributed by atoms with van der Waals surface area (Å²) in [5.41, 5.74) is 4.45. The highest BCUT2D eigenvalue weighted by Crippen LogP contribution is 2.32. The van der Waals surface area contributed by atoms with E-state index in [-0.39, 0.29) is 6.17 Å². The number of hydrogen-bond donors (Lipinski definition) is 0. The predicted molar refractivity (Wildman–Crippen MR) is 128 cm³/mol. The van der Waals surface area contributed by atoms with Crippen molar-refractivity contribution in [3.8, 4) is 6.07 Å². The molecule has 0 saturated carbocycles. The van der Waals surface area contributed by atoms with Crippen molar-refractivity contribution in [1.82, 2.24) is 19.8 Å². The molecule has 7 heteroatoms. The fraction of sp³-hybridized carbons (Fsp3) is 0.400. The SMILES string of the molecule is [2H]c1ccc2c(N3C[C@@H]4CN(Cc5ccc(Cl)nc5C)CCN4[C@H](C)C3)ccc(C#N)c2n1. The number of aromatic nitrogens is 2. The largest absolute Gasteiger partial charge is 0.368 e. The van der Waals surface area contributed by atoms with Gasteiger partial charge in [-0.2, -0.15) is 5.26 Å². The van der Waals surface area contributed by atoms with Crippen LogP contribution in [-0.4, -0.2) is 64.6 Å². The van der Waals surface area contributed by atoms with E-state index in [2.05, 4.69) is 43.7 Å². The lowest BCUT2D eigenvalue weighted by Crippen LogP contribution is -2.65. The van der Waals surface area contributed by atoms with E-state index in [1.807, 2.05) is 31.2 Å². The molecule has 2 fully saturated rings. The molecule has 0 N–H and O–H groups in total. The van der Waals surface area contributed by atoms with Crippen molar-refractivity contribution in [2.24, 2.45) is 0 Å². The second-order valence-electron chi connectivity index (χ2n) is 8.84. The van der Waals surface area contributed by atoms with Crippen molar-refractivity contribution >= 4 is 28.2 Å². The van der Waals surface area contributed by atoms with Gasteiger partial charge in [-0.05, 0) is 49.7 Å². The molecule has 2 atom stereocenters. The third kappa shape index (κ3) is 3.93. The molecule has 1 aromatic carbocycles. The van der Waals surface area contributed by atoms with Gasteiger partial charge in [0.15, 0.2) is 0 Å². The van der Waals surface area contributed by atoms with E-state index in [1.165, 1.54) is 5.56 Å². The Morgan fingerprint density at radius 3 is 2.88 bits per heavy atom. The fourth-order valence-electron chi connectivity index (χ4n) is 5.21. The highest BCUT2D eigenvalue weighted by atomic mass is 35.5. The predicted octanol–water partition coefficient (Wildman–Crippen LogP) is 3.86. The van der Waals surface area contributed by atoms with Crippen LogP contribution in [0.15, 0.2) is 42.6 Å². The minimum atomic E-state index is 0.184. The van der Waals surface area contributed by atoms with E-state index in [0.717, 1.165) is 56.0 Å². The Bertz CT molecular complexity index is 1240. The molecule has 4 heterocycles. The van der Waals surface area contributed by atoms with Gasteiger partial charge >= 0.3 is 0 Å². The zero-order valence-electron chi connectivity index (χ0n) is 19.4. The highest BCUT2D eigenvalue weighted by molar-refractivity contribution is 6.29. The van der Waals surface area contributed by atoms with Crippen molar-refractivity contribution < 1.29 is 1.37 Å². The molecule has 0 radical (unpaired) electrons. The Balaban J connectivity index is 1.39. The number of hydrogen-bond acceptors (Lipinski definition) is 6. The molecule has 32 heavy (non-hydrogen) atoms. The van der Waals surface area contributed by atoms with Crippen LogP contribution in [0.5, 0.6) is 0 Å². The first-order valence-electron chi connectivity index (χ1n) is 11.6. The minimum absolute atomic E-state index is 0.184. The summed E-state index contributed by atoms with van der Waals surface area (Å²) in [4.78, 5) is 16.3. The average Bonchev–Trinajstić information content (AvgIpc) is 2.80. The van der Waals surface area contributed by atoms with E-state index in [4.69, 9.17) is 13.0 Å². The first-order chi connectivity index (χ1) is 15.9. The molecule has 2 aliphatic rings. The van der Waals surface area contributed by atoms with Crippen molar-refractivity contribution in [1.29, 1.82) is 5.26 Å². The lowest BCUT2D eigenvalue weighted by molar-refractivity contribution is 0.0316. The summed E-state index contributed by atoms with van der Waals surface area (Å²) in [7, 11) is 0. The zero-order chi connectivity index (χ0) is 23.1. The van der Waals surface area contributed by atoms with Gasteiger partial charge in [-0.15, -0.1) is 0 Å². The summed E-state index contributed by atoms with van der Waals surface area (Å²) in [5.74, 6) is 0. The summed E-state index contributed by atoms with van der Waals surface area (Å²) in [6, 6.07) is 14.5. The number of nitrogens with zero attached hydrogens (tertiary/aromatic N) is 6. The molecular formula is C25H27ClN6. The second kappa shape index (κ2) is 8.67. The quantitative estimate of drug-likeness (QED) is 0.568. The smallest absolute Gasteiger partial charge is 0.129 e. The summed E-state index contributed by atoms with van der Waals surface area (Å²) < 4.78 is 7.90. The van der Waals surface area contributed by atoms with E-state index < -0.39 is 0 Å². The van der Waals surface area contributed by atoms with E-state index >= 15 is 0 Å². The minimum Gasteiger partial charge on any atom is -0.368 e. The third-order valence-corrected chi connectivity index (χ3v) is 7.02. The molecule has 0 amide bonds. The molecule has 2 aromatic heterocycles. The van der Waals surface area contributed by atoms with Gasteiger partial charge in [0.2, 0.25) is 0 Å². The standard InChI is InChI=1S/C25H27ClN6/c1-17-13-31(23-7-5-19(12-27)25-22(23)4-3-9-28-25)16-21-15-30(10-11-32(17)21)14-20-6-8-24(26)29-18(20)2/h3-9,17,21H,10-11,13-16H2,1-2H3/t17-,21+/m1/s1/i9D. The molecule has 0 aliphatic carbocycles. The monoisotopic (exact) mass is 447 g/mol. The molecule has 0 unspecified atom stereocenters. The second-order valence-corrected chi connectivity index (χ2v) is 9.23. The maximum absolute atomic E-state index is 9.52. The van der Waals surface area contributed by atoms with E-state index in [1.54, 1.807) is 6.07 Å². The zero-order valence-corrected chi connectivity index (χ0v) is 19.2. The van der Waals surface area contributed by atoms with Crippen LogP contribution in [0.25, 0.3) is 10.9 Å². The van der Waals surface area contributed by atoms with Crippen molar-refractivity contribution in [3.63, 3.8) is 0 Å². The van der Waals surface area contributed by atoms with Crippen LogP contribution in [0.4, 0.5) is 5.69 Å². The number of benzene rings is 1. The summed E-state index contributed by atoms with van der Waals surface area (Å²) in [5, 5.41) is 11.0. The number of anilines is 1. The van der Waals surface area contributed by atoms with Crippen LogP contribution in [-0.2, 0) is 6.54 Å². The van der Waals surface area contributed by atoms with E-state index in [0.29, 0.717) is 28.3 Å². The molecule has 164 valence electrons. The van der Waals surface area contributed by atoms with Gasteiger partial charge < -0.3 is 4.90 Å². The molecule has 0 bridgehead atoms. The van der Waals surface area contributed by atoms with Crippen molar-refractivity contribution in [3.05, 3.63) is 64.5 Å². The van der Waals surface area contributed by atoms with E-state index in [9.17, 15) is 5.26 Å². The number of piperazine rings is 2. The molecule has 0 spiro atoms. The number of halogens is 1. The Morgan fingerprint density at radius 2 is 2.06 bits per heavy atom. The van der Waals surface area contributed by atoms with Gasteiger partial charge in [0.25, 0.3) is 0 Å². The van der Waals surface area contributed by atoms with Crippen LogP contribution in [0.3, 0.4) is 0 Å². The maximum Gasteiger partial charge on any atom is 0.129 e. The number of aryl methyl sites for hydroxylation is 1. The summed E-state index contributed by atoms with van der Waals surface area (Å²) >= 11 is 6.04. The maximum atomic E-state index is 9.52. The number of nitriles is 1. The Hall–Kier alpha value is -2.72. The van der Waals surface area contributed by atoms with Gasteiger partial charge in [0.1, 0.15) is 11.2 Å². The fourth-order valence-corrected chi connectivity index (χ4v) is 5.40.